The quantitative estimate of drug-likeness (QED) is 0.564. The zero-order valence-corrected chi connectivity index (χ0v) is 18.3. The molecule has 0 bridgehead atoms. The van der Waals surface area contributed by atoms with Gasteiger partial charge in [-0.25, -0.2) is 23.7 Å². The summed E-state index contributed by atoms with van der Waals surface area (Å²) >= 11 is 0. The van der Waals surface area contributed by atoms with Crippen LogP contribution in [0.1, 0.15) is 29.9 Å². The van der Waals surface area contributed by atoms with Gasteiger partial charge in [0.05, 0.1) is 19.1 Å². The van der Waals surface area contributed by atoms with Crippen molar-refractivity contribution in [3.8, 4) is 11.4 Å². The maximum Gasteiger partial charge on any atom is 0.282 e. The van der Waals surface area contributed by atoms with Crippen LogP contribution >= 0.6 is 0 Å². The molecule has 1 atom stereocenters. The van der Waals surface area contributed by atoms with Gasteiger partial charge in [0.15, 0.2) is 5.69 Å². The Labute approximate surface area is 188 Å². The van der Waals surface area contributed by atoms with Gasteiger partial charge < -0.3 is 4.57 Å². The first-order chi connectivity index (χ1) is 15.7. The Morgan fingerprint density at radius 3 is 2.61 bits per heavy atom. The molecule has 0 N–H and O–H groups in total. The fourth-order valence-corrected chi connectivity index (χ4v) is 4.15. The predicted molar refractivity (Wildman–Crippen MR) is 116 cm³/mol. The number of guanidine groups is 1. The van der Waals surface area contributed by atoms with E-state index in [-0.39, 0.29) is 35.7 Å². The molecule has 3 aromatic rings. The van der Waals surface area contributed by atoms with E-state index in [1.165, 1.54) is 35.4 Å². The predicted octanol–water partition coefficient (Wildman–Crippen LogP) is 3.70. The fraction of sp³-hybridized carbons (Fsp3) is 0.304. The molecule has 0 spiro atoms. The standard InChI is InChI=1S/C23H21F3N6O/c1-12(2)17-11-32-21-19(22(33)30(3)23(32)28-17)29-20(13-5-7-18(26)27-9-13)31(21)10-14-4-6-15(24)8-16(14)25/h4-9,12,17H,10-11H2,1-3H3/t17-/m0/s1. The van der Waals surface area contributed by atoms with Crippen molar-refractivity contribution in [2.75, 3.05) is 18.5 Å². The van der Waals surface area contributed by atoms with E-state index >= 15 is 0 Å². The molecule has 0 unspecified atom stereocenters. The fourth-order valence-electron chi connectivity index (χ4n) is 4.15. The summed E-state index contributed by atoms with van der Waals surface area (Å²) in [6.07, 6.45) is 1.31. The number of fused-ring (bicyclic) bond motifs is 3. The Hall–Kier alpha value is -3.69. The lowest BCUT2D eigenvalue weighted by molar-refractivity contribution is 0.0860. The zero-order valence-electron chi connectivity index (χ0n) is 18.3. The molecule has 0 aliphatic carbocycles. The van der Waals surface area contributed by atoms with Crippen LogP contribution in [0.4, 0.5) is 19.0 Å². The van der Waals surface area contributed by atoms with E-state index in [0.717, 1.165) is 6.07 Å². The van der Waals surface area contributed by atoms with Crippen molar-refractivity contribution in [1.29, 1.82) is 0 Å². The maximum atomic E-state index is 14.6. The van der Waals surface area contributed by atoms with Crippen LogP contribution in [0.2, 0.25) is 0 Å². The number of aliphatic imine (C=N–C) groups is 1. The summed E-state index contributed by atoms with van der Waals surface area (Å²) in [6, 6.07) is 6.00. The van der Waals surface area contributed by atoms with Crippen molar-refractivity contribution in [3.63, 3.8) is 0 Å². The van der Waals surface area contributed by atoms with Gasteiger partial charge in [-0.05, 0) is 24.1 Å². The Morgan fingerprint density at radius 1 is 1.15 bits per heavy atom. The number of imidazole rings is 1. The third-order valence-corrected chi connectivity index (χ3v) is 5.99. The van der Waals surface area contributed by atoms with Crippen LogP contribution in [0.3, 0.4) is 0 Å². The van der Waals surface area contributed by atoms with Crippen LogP contribution in [0.5, 0.6) is 0 Å². The molecule has 0 radical (unpaired) electrons. The molecule has 10 heteroatoms. The summed E-state index contributed by atoms with van der Waals surface area (Å²) in [7, 11) is 1.64. The van der Waals surface area contributed by atoms with Crippen LogP contribution < -0.4 is 4.90 Å². The molecule has 4 heterocycles. The molecule has 2 aliphatic rings. The first-order valence-corrected chi connectivity index (χ1v) is 10.5. The number of amides is 1. The summed E-state index contributed by atoms with van der Waals surface area (Å²) in [6.45, 7) is 4.61. The average Bonchev–Trinajstić information content (AvgIpc) is 3.37. The molecule has 0 saturated heterocycles. The molecular formula is C23H21F3N6O. The van der Waals surface area contributed by atoms with E-state index in [1.54, 1.807) is 11.6 Å². The van der Waals surface area contributed by atoms with Crippen molar-refractivity contribution < 1.29 is 18.0 Å². The highest BCUT2D eigenvalue weighted by atomic mass is 19.1. The topological polar surface area (TPSA) is 66.6 Å². The van der Waals surface area contributed by atoms with E-state index in [1.807, 2.05) is 4.90 Å². The lowest BCUT2D eigenvalue weighted by atomic mass is 10.1. The number of rotatable bonds is 4. The summed E-state index contributed by atoms with van der Waals surface area (Å²) in [4.78, 5) is 29.5. The molecular weight excluding hydrogens is 433 g/mol. The highest BCUT2D eigenvalue weighted by Gasteiger charge is 2.43. The van der Waals surface area contributed by atoms with E-state index < -0.39 is 17.6 Å². The normalized spacial score (nSPS) is 17.5. The first-order valence-electron chi connectivity index (χ1n) is 10.5. The van der Waals surface area contributed by atoms with Gasteiger partial charge in [0.25, 0.3) is 5.91 Å². The minimum absolute atomic E-state index is 0.0196. The molecule has 1 aromatic carbocycles. The molecule has 5 rings (SSSR count). The van der Waals surface area contributed by atoms with Crippen LogP contribution in [0, 0.1) is 23.5 Å². The second-order valence-electron chi connectivity index (χ2n) is 8.51. The Morgan fingerprint density at radius 2 is 1.94 bits per heavy atom. The largest absolute Gasteiger partial charge is 0.305 e. The van der Waals surface area contributed by atoms with Crippen molar-refractivity contribution in [2.24, 2.45) is 10.9 Å². The van der Waals surface area contributed by atoms with Crippen molar-refractivity contribution in [2.45, 2.75) is 26.4 Å². The number of halogens is 3. The van der Waals surface area contributed by atoms with Gasteiger partial charge in [0.1, 0.15) is 23.3 Å². The number of pyridine rings is 1. The van der Waals surface area contributed by atoms with Crippen LogP contribution in [0.25, 0.3) is 11.4 Å². The maximum absolute atomic E-state index is 14.6. The van der Waals surface area contributed by atoms with Gasteiger partial charge in [0.2, 0.25) is 11.9 Å². The molecule has 0 saturated carbocycles. The first kappa shape index (κ1) is 21.2. The van der Waals surface area contributed by atoms with Gasteiger partial charge in [-0.1, -0.05) is 19.9 Å². The molecule has 1 amide bonds. The average molecular weight is 454 g/mol. The summed E-state index contributed by atoms with van der Waals surface area (Å²) < 4.78 is 43.2. The monoisotopic (exact) mass is 454 g/mol. The minimum Gasteiger partial charge on any atom is -0.305 e. The molecule has 0 fully saturated rings. The highest BCUT2D eigenvalue weighted by molar-refractivity contribution is 6.18. The number of hydrogen-bond acceptors (Lipinski definition) is 5. The molecule has 33 heavy (non-hydrogen) atoms. The molecule has 7 nitrogen and oxygen atoms in total. The van der Waals surface area contributed by atoms with Crippen molar-refractivity contribution >= 4 is 17.7 Å². The van der Waals surface area contributed by atoms with Crippen molar-refractivity contribution in [1.82, 2.24) is 19.4 Å². The lowest BCUT2D eigenvalue weighted by Gasteiger charge is -2.32. The van der Waals surface area contributed by atoms with Gasteiger partial charge in [-0.3, -0.25) is 14.6 Å². The van der Waals surface area contributed by atoms with Gasteiger partial charge in [0, 0.05) is 30.4 Å². The smallest absolute Gasteiger partial charge is 0.282 e. The zero-order chi connectivity index (χ0) is 23.4. The van der Waals surface area contributed by atoms with Gasteiger partial charge in [-0.2, -0.15) is 4.39 Å². The Kier molecular flexibility index (Phi) is 4.95. The number of hydrogen-bond donors (Lipinski definition) is 0. The Bertz CT molecular complexity index is 1280. The number of carbonyl (C=O) groups is 1. The van der Waals surface area contributed by atoms with E-state index in [0.29, 0.717) is 29.7 Å². The van der Waals surface area contributed by atoms with Crippen LogP contribution in [-0.2, 0) is 6.54 Å². The number of aromatic nitrogens is 3. The third kappa shape index (κ3) is 3.46. The number of nitrogens with zero attached hydrogens (tertiary/aromatic N) is 6. The lowest BCUT2D eigenvalue weighted by Crippen LogP contribution is -2.49. The molecule has 2 aromatic heterocycles. The second-order valence-corrected chi connectivity index (χ2v) is 8.51. The van der Waals surface area contributed by atoms with Crippen LogP contribution in [-0.4, -0.2) is 50.9 Å². The number of carbonyl (C=O) groups excluding carboxylic acids is 1. The summed E-state index contributed by atoms with van der Waals surface area (Å²) in [5.74, 6) is -0.866. The Balaban J connectivity index is 1.71. The second kappa shape index (κ2) is 7.72. The SMILES string of the molecule is CC(C)[C@@H]1CN2C(=N1)N(C)C(=O)c1nc(-c3ccc(F)nc3)n(Cc3ccc(F)cc3F)c12. The highest BCUT2D eigenvalue weighted by Crippen LogP contribution is 2.37. The van der Waals surface area contributed by atoms with Gasteiger partial charge in [-0.15, -0.1) is 0 Å². The van der Waals surface area contributed by atoms with E-state index in [2.05, 4.69) is 23.8 Å². The van der Waals surface area contributed by atoms with Crippen LogP contribution in [0.15, 0.2) is 41.5 Å². The number of benzene rings is 1. The molecule has 2 aliphatic heterocycles. The van der Waals surface area contributed by atoms with Crippen molar-refractivity contribution in [3.05, 3.63) is 65.4 Å². The summed E-state index contributed by atoms with van der Waals surface area (Å²) in [5.41, 5.74) is 0.863. The van der Waals surface area contributed by atoms with E-state index in [9.17, 15) is 18.0 Å². The van der Waals surface area contributed by atoms with E-state index in [4.69, 9.17) is 4.99 Å². The third-order valence-electron chi connectivity index (χ3n) is 5.99. The molecule has 170 valence electrons. The van der Waals surface area contributed by atoms with Gasteiger partial charge >= 0.3 is 0 Å². The number of anilines is 1. The summed E-state index contributed by atoms with van der Waals surface area (Å²) in [5, 5.41) is 0. The minimum atomic E-state index is -0.713.